The van der Waals surface area contributed by atoms with Crippen molar-refractivity contribution in [3.05, 3.63) is 35.7 Å². The number of nitrogens with zero attached hydrogens (tertiary/aromatic N) is 6. The summed E-state index contributed by atoms with van der Waals surface area (Å²) >= 11 is 0. The van der Waals surface area contributed by atoms with E-state index in [1.54, 1.807) is 6.92 Å². The van der Waals surface area contributed by atoms with Gasteiger partial charge < -0.3 is 19.4 Å². The molecule has 0 radical (unpaired) electrons. The van der Waals surface area contributed by atoms with Crippen molar-refractivity contribution in [2.24, 2.45) is 11.8 Å². The Balaban J connectivity index is 1.33. The smallest absolute Gasteiger partial charge is 0.416 e. The molecule has 3 atom stereocenters. The summed E-state index contributed by atoms with van der Waals surface area (Å²) in [5.41, 5.74) is -0.911. The third-order valence-electron chi connectivity index (χ3n) is 6.27. The first-order chi connectivity index (χ1) is 16.9. The summed E-state index contributed by atoms with van der Waals surface area (Å²) in [6, 6.07) is 3.43. The summed E-state index contributed by atoms with van der Waals surface area (Å²) in [6.45, 7) is 1.47. The van der Waals surface area contributed by atoms with Crippen LogP contribution in [0.2, 0.25) is 0 Å². The largest absolute Gasteiger partial charge is 0.424 e. The van der Waals surface area contributed by atoms with E-state index in [9.17, 15) is 26.3 Å². The zero-order valence-corrected chi connectivity index (χ0v) is 18.8. The molecule has 1 N–H and O–H groups in total. The quantitative estimate of drug-likeness (QED) is 0.472. The van der Waals surface area contributed by atoms with Crippen molar-refractivity contribution in [1.29, 1.82) is 0 Å². The van der Waals surface area contributed by atoms with Crippen LogP contribution in [0.4, 0.5) is 38.3 Å². The second kappa shape index (κ2) is 8.85. The standard InChI is InChI=1S/C21H21F6N7O2/c1-11-30-31-19(35-11)33-8-12-2-3-13(9-33)16(12)28-17-29-18(34(32-17)10-20(22,23)24)36-15-6-4-14(5-7-15)21(25,26)27/h4-7,12-13,16H,2-3,8-10H2,1H3,(H,28,32)/t12-,13+,16+. The van der Waals surface area contributed by atoms with E-state index in [1.807, 2.05) is 4.90 Å². The molecule has 15 heteroatoms. The van der Waals surface area contributed by atoms with Crippen LogP contribution in [0.3, 0.4) is 0 Å². The van der Waals surface area contributed by atoms with Crippen molar-refractivity contribution < 1.29 is 35.5 Å². The van der Waals surface area contributed by atoms with Crippen LogP contribution >= 0.6 is 0 Å². The molecule has 0 spiro atoms. The molecule has 2 aliphatic rings. The molecular formula is C21H21F6N7O2. The van der Waals surface area contributed by atoms with Gasteiger partial charge in [0.25, 0.3) is 0 Å². The minimum atomic E-state index is -4.62. The van der Waals surface area contributed by atoms with Crippen molar-refractivity contribution >= 4 is 12.0 Å². The summed E-state index contributed by atoms with van der Waals surface area (Å²) in [5.74, 6) is 0.589. The Morgan fingerprint density at radius 2 is 1.69 bits per heavy atom. The van der Waals surface area contributed by atoms with Gasteiger partial charge in [-0.1, -0.05) is 5.10 Å². The molecule has 1 aromatic carbocycles. The molecule has 2 bridgehead atoms. The number of benzene rings is 1. The lowest BCUT2D eigenvalue weighted by Gasteiger charge is -2.37. The zero-order valence-electron chi connectivity index (χ0n) is 18.8. The van der Waals surface area contributed by atoms with E-state index in [0.29, 0.717) is 29.7 Å². The fourth-order valence-corrected chi connectivity index (χ4v) is 4.73. The lowest BCUT2D eigenvalue weighted by Crippen LogP contribution is -2.48. The van der Waals surface area contributed by atoms with Gasteiger partial charge in [0.2, 0.25) is 11.8 Å². The first-order valence-corrected chi connectivity index (χ1v) is 11.1. The Kier molecular flexibility index (Phi) is 5.95. The molecule has 0 amide bonds. The van der Waals surface area contributed by atoms with Gasteiger partial charge in [-0.2, -0.15) is 31.3 Å². The van der Waals surface area contributed by atoms with E-state index < -0.39 is 30.5 Å². The molecule has 3 aromatic rings. The van der Waals surface area contributed by atoms with Crippen LogP contribution in [0, 0.1) is 18.8 Å². The number of hydrogen-bond acceptors (Lipinski definition) is 8. The third kappa shape index (κ3) is 5.18. The number of aromatic nitrogens is 5. The molecule has 1 saturated carbocycles. The Hall–Kier alpha value is -3.52. The Bertz CT molecular complexity index is 1190. The van der Waals surface area contributed by atoms with Crippen LogP contribution in [0.15, 0.2) is 28.7 Å². The van der Waals surface area contributed by atoms with Gasteiger partial charge in [0.1, 0.15) is 12.3 Å². The van der Waals surface area contributed by atoms with Gasteiger partial charge >= 0.3 is 24.4 Å². The number of anilines is 2. The number of piperidine rings is 1. The minimum Gasteiger partial charge on any atom is -0.424 e. The highest BCUT2D eigenvalue weighted by atomic mass is 19.4. The highest BCUT2D eigenvalue weighted by Gasteiger charge is 2.44. The molecular weight excluding hydrogens is 496 g/mol. The number of rotatable bonds is 6. The second-order valence-electron chi connectivity index (χ2n) is 8.89. The van der Waals surface area contributed by atoms with Gasteiger partial charge in [-0.15, -0.1) is 10.2 Å². The minimum absolute atomic E-state index is 0.0508. The van der Waals surface area contributed by atoms with Crippen molar-refractivity contribution in [3.8, 4) is 11.8 Å². The second-order valence-corrected chi connectivity index (χ2v) is 8.89. The number of nitrogens with one attached hydrogen (secondary N) is 1. The predicted molar refractivity (Wildman–Crippen MR) is 112 cm³/mol. The molecule has 2 fully saturated rings. The fraction of sp³-hybridized carbons (Fsp3) is 0.524. The third-order valence-corrected chi connectivity index (χ3v) is 6.27. The van der Waals surface area contributed by atoms with Crippen LogP contribution in [0.5, 0.6) is 11.8 Å². The molecule has 9 nitrogen and oxygen atoms in total. The van der Waals surface area contributed by atoms with Crippen LogP contribution in [-0.4, -0.2) is 50.3 Å². The Morgan fingerprint density at radius 3 is 2.25 bits per heavy atom. The number of halogens is 6. The van der Waals surface area contributed by atoms with Crippen LogP contribution < -0.4 is 15.0 Å². The molecule has 36 heavy (non-hydrogen) atoms. The van der Waals surface area contributed by atoms with Crippen molar-refractivity contribution in [1.82, 2.24) is 25.0 Å². The molecule has 1 aliphatic carbocycles. The Labute approximate surface area is 200 Å². The van der Waals surface area contributed by atoms with Gasteiger partial charge in [-0.3, -0.25) is 0 Å². The summed E-state index contributed by atoms with van der Waals surface area (Å²) in [7, 11) is 0. The first-order valence-electron chi connectivity index (χ1n) is 11.1. The SMILES string of the molecule is Cc1nnc(N2C[C@H]3CC[C@@H](C2)[C@H]3Nc2nc(Oc3ccc(C(F)(F)F)cc3)n(CC(F)(F)F)n2)o1. The summed E-state index contributed by atoms with van der Waals surface area (Å²) < 4.78 is 89.2. The van der Waals surface area contributed by atoms with E-state index in [-0.39, 0.29) is 29.6 Å². The fourth-order valence-electron chi connectivity index (χ4n) is 4.73. The first kappa shape index (κ1) is 24.2. The number of ether oxygens (including phenoxy) is 1. The zero-order chi connectivity index (χ0) is 25.7. The van der Waals surface area contributed by atoms with Gasteiger partial charge in [0.05, 0.1) is 5.56 Å². The summed E-state index contributed by atoms with van der Waals surface area (Å²) in [4.78, 5) is 6.07. The molecule has 5 rings (SSSR count). The van der Waals surface area contributed by atoms with Gasteiger partial charge in [-0.05, 0) is 48.9 Å². The molecule has 194 valence electrons. The van der Waals surface area contributed by atoms with E-state index >= 15 is 0 Å². The maximum Gasteiger partial charge on any atom is 0.416 e. The average Bonchev–Trinajstić information content (AvgIpc) is 3.43. The number of hydrogen-bond donors (Lipinski definition) is 1. The highest BCUT2D eigenvalue weighted by molar-refractivity contribution is 5.36. The van der Waals surface area contributed by atoms with E-state index in [4.69, 9.17) is 9.15 Å². The maximum absolute atomic E-state index is 13.1. The van der Waals surface area contributed by atoms with E-state index in [0.717, 1.165) is 37.1 Å². The van der Waals surface area contributed by atoms with Crippen LogP contribution in [0.1, 0.15) is 24.3 Å². The van der Waals surface area contributed by atoms with Crippen molar-refractivity contribution in [2.75, 3.05) is 23.3 Å². The number of fused-ring (bicyclic) bond motifs is 2. The highest BCUT2D eigenvalue weighted by Crippen LogP contribution is 2.40. The monoisotopic (exact) mass is 517 g/mol. The lowest BCUT2D eigenvalue weighted by atomic mass is 9.92. The van der Waals surface area contributed by atoms with E-state index in [2.05, 4.69) is 25.6 Å². The number of aryl methyl sites for hydroxylation is 1. The van der Waals surface area contributed by atoms with Crippen molar-refractivity contribution in [3.63, 3.8) is 0 Å². The molecule has 2 aromatic heterocycles. The topological polar surface area (TPSA) is 94.1 Å². The van der Waals surface area contributed by atoms with Gasteiger partial charge in [0.15, 0.2) is 0 Å². The Morgan fingerprint density at radius 1 is 1.03 bits per heavy atom. The van der Waals surface area contributed by atoms with Crippen LogP contribution in [-0.2, 0) is 12.7 Å². The number of alkyl halides is 6. The van der Waals surface area contributed by atoms with Crippen LogP contribution in [0.25, 0.3) is 0 Å². The normalized spacial score (nSPS) is 22.2. The molecule has 3 heterocycles. The molecule has 1 saturated heterocycles. The molecule has 0 unspecified atom stereocenters. The summed E-state index contributed by atoms with van der Waals surface area (Å²) in [5, 5.41) is 15.0. The molecule has 1 aliphatic heterocycles. The van der Waals surface area contributed by atoms with E-state index in [1.165, 1.54) is 0 Å². The van der Waals surface area contributed by atoms with Gasteiger partial charge in [0, 0.05) is 26.1 Å². The summed E-state index contributed by atoms with van der Waals surface area (Å²) in [6.07, 6.45) is -7.38. The average molecular weight is 517 g/mol. The van der Waals surface area contributed by atoms with Crippen molar-refractivity contribution in [2.45, 2.75) is 44.7 Å². The predicted octanol–water partition coefficient (Wildman–Crippen LogP) is 4.67. The maximum atomic E-state index is 13.1. The lowest BCUT2D eigenvalue weighted by molar-refractivity contribution is -0.143. The van der Waals surface area contributed by atoms with Gasteiger partial charge in [-0.25, -0.2) is 4.68 Å².